The van der Waals surface area contributed by atoms with Crippen molar-refractivity contribution >= 4 is 29.1 Å². The van der Waals surface area contributed by atoms with Gasteiger partial charge in [0.05, 0.1) is 25.8 Å². The molecule has 1 fully saturated rings. The molecule has 13 heteroatoms. The number of benzene rings is 2. The zero-order chi connectivity index (χ0) is 30.9. The summed E-state index contributed by atoms with van der Waals surface area (Å²) in [7, 11) is 4.71. The van der Waals surface area contributed by atoms with Gasteiger partial charge < -0.3 is 35.2 Å². The lowest BCUT2D eigenvalue weighted by Crippen LogP contribution is -2.56. The summed E-state index contributed by atoms with van der Waals surface area (Å²) in [6.07, 6.45) is -4.26. The molecule has 1 saturated heterocycles. The van der Waals surface area contributed by atoms with Crippen molar-refractivity contribution in [1.82, 2.24) is 20.9 Å². The van der Waals surface area contributed by atoms with E-state index in [0.29, 0.717) is 60.4 Å². The summed E-state index contributed by atoms with van der Waals surface area (Å²) in [5.41, 5.74) is 1.19. The third kappa shape index (κ3) is 9.22. The fraction of sp³-hybridized carbons (Fsp3) is 0.517. The van der Waals surface area contributed by atoms with Crippen LogP contribution in [-0.2, 0) is 33.5 Å². The van der Waals surface area contributed by atoms with Crippen LogP contribution < -0.4 is 25.6 Å². The molecule has 1 aliphatic rings. The van der Waals surface area contributed by atoms with Crippen molar-refractivity contribution in [2.45, 2.75) is 38.1 Å². The Balaban J connectivity index is 1.77. The average molecular weight is 614 g/mol. The van der Waals surface area contributed by atoms with Crippen molar-refractivity contribution in [2.75, 3.05) is 65.5 Å². The highest BCUT2D eigenvalue weighted by molar-refractivity contribution is 6.30. The van der Waals surface area contributed by atoms with Crippen molar-refractivity contribution < 1.29 is 32.2 Å². The van der Waals surface area contributed by atoms with Crippen LogP contribution in [0.3, 0.4) is 0 Å². The molecule has 2 atom stereocenters. The van der Waals surface area contributed by atoms with E-state index in [-0.39, 0.29) is 37.4 Å². The smallest absolute Gasteiger partial charge is 0.416 e. The lowest BCUT2D eigenvalue weighted by Gasteiger charge is -2.38. The molecule has 42 heavy (non-hydrogen) atoms. The van der Waals surface area contributed by atoms with Gasteiger partial charge in [0.1, 0.15) is 11.8 Å². The molecule has 0 bridgehead atoms. The minimum atomic E-state index is -4.46. The molecule has 232 valence electrons. The van der Waals surface area contributed by atoms with E-state index in [2.05, 4.69) is 16.0 Å². The van der Waals surface area contributed by atoms with Crippen molar-refractivity contribution in [3.05, 3.63) is 58.1 Å². The number of amides is 2. The summed E-state index contributed by atoms with van der Waals surface area (Å²) < 4.78 is 51.0. The Morgan fingerprint density at radius 3 is 2.38 bits per heavy atom. The second-order valence-corrected chi connectivity index (χ2v) is 10.6. The quantitative estimate of drug-likeness (QED) is 0.320. The Bertz CT molecular complexity index is 1210. The Kier molecular flexibility index (Phi) is 12.3. The van der Waals surface area contributed by atoms with E-state index >= 15 is 0 Å². The molecule has 0 aliphatic carbocycles. The molecule has 1 aliphatic heterocycles. The fourth-order valence-corrected chi connectivity index (χ4v) is 5.07. The normalized spacial score (nSPS) is 15.3. The van der Waals surface area contributed by atoms with Crippen LogP contribution in [0.15, 0.2) is 36.4 Å². The molecule has 2 aromatic carbocycles. The molecule has 2 amide bonds. The number of rotatable bonds is 13. The summed E-state index contributed by atoms with van der Waals surface area (Å²) in [5, 5.41) is 9.31. The van der Waals surface area contributed by atoms with Gasteiger partial charge in [-0.2, -0.15) is 13.2 Å². The largest absolute Gasteiger partial charge is 0.496 e. The van der Waals surface area contributed by atoms with Gasteiger partial charge in [0, 0.05) is 63.0 Å². The van der Waals surface area contributed by atoms with Crippen LogP contribution in [-0.4, -0.2) is 89.4 Å². The Labute approximate surface area is 249 Å². The van der Waals surface area contributed by atoms with Gasteiger partial charge in [0.15, 0.2) is 0 Å². The minimum Gasteiger partial charge on any atom is -0.496 e. The van der Waals surface area contributed by atoms with Crippen LogP contribution in [0.25, 0.3) is 0 Å². The first-order valence-electron chi connectivity index (χ1n) is 13.7. The number of likely N-dealkylation sites (N-methyl/N-ethyl adjacent to an activating group) is 1. The van der Waals surface area contributed by atoms with Crippen LogP contribution in [0, 0.1) is 0 Å². The SMILES string of the molecule is CNCC(=O)NC(Cc1ccc(Cl)cc1OC)C(=O)N1CCN(c2ccc(C(F)(F)F)cc2CNC(C)COC)CC1. The lowest BCUT2D eigenvalue weighted by atomic mass is 10.0. The van der Waals surface area contributed by atoms with Crippen LogP contribution in [0.5, 0.6) is 5.75 Å². The van der Waals surface area contributed by atoms with Crippen molar-refractivity contribution in [3.8, 4) is 5.75 Å². The fourth-order valence-electron chi connectivity index (χ4n) is 4.91. The first kappa shape index (κ1) is 33.4. The third-order valence-electron chi connectivity index (χ3n) is 7.04. The molecular formula is C29H39ClF3N5O4. The third-order valence-corrected chi connectivity index (χ3v) is 7.28. The highest BCUT2D eigenvalue weighted by atomic mass is 35.5. The molecule has 3 rings (SSSR count). The second-order valence-electron chi connectivity index (χ2n) is 10.2. The molecule has 0 radical (unpaired) electrons. The summed E-state index contributed by atoms with van der Waals surface area (Å²) in [6.45, 7) is 4.09. The summed E-state index contributed by atoms with van der Waals surface area (Å²) in [4.78, 5) is 29.8. The van der Waals surface area contributed by atoms with Gasteiger partial charge in [-0.1, -0.05) is 17.7 Å². The lowest BCUT2D eigenvalue weighted by molar-refractivity contribution is -0.137. The summed E-state index contributed by atoms with van der Waals surface area (Å²) >= 11 is 6.09. The number of hydrogen-bond donors (Lipinski definition) is 3. The zero-order valence-electron chi connectivity index (χ0n) is 24.3. The maximum Gasteiger partial charge on any atom is 0.416 e. The number of halogens is 4. The summed E-state index contributed by atoms with van der Waals surface area (Å²) in [5.74, 6) is -0.0675. The zero-order valence-corrected chi connectivity index (χ0v) is 25.1. The summed E-state index contributed by atoms with van der Waals surface area (Å²) in [6, 6.07) is 7.96. The van der Waals surface area contributed by atoms with Gasteiger partial charge in [0.25, 0.3) is 0 Å². The number of anilines is 1. The maximum atomic E-state index is 13.7. The van der Waals surface area contributed by atoms with E-state index in [1.54, 1.807) is 37.3 Å². The topological polar surface area (TPSA) is 95.2 Å². The maximum absolute atomic E-state index is 13.7. The molecular weight excluding hydrogens is 575 g/mol. The van der Waals surface area contributed by atoms with Gasteiger partial charge in [-0.3, -0.25) is 9.59 Å². The highest BCUT2D eigenvalue weighted by Gasteiger charge is 2.33. The van der Waals surface area contributed by atoms with Gasteiger partial charge in [-0.25, -0.2) is 0 Å². The number of nitrogens with one attached hydrogen (secondary N) is 3. The molecule has 0 aromatic heterocycles. The Hall–Kier alpha value is -3.06. The van der Waals surface area contributed by atoms with Gasteiger partial charge in [-0.05, 0) is 55.4 Å². The molecule has 0 saturated carbocycles. The molecule has 2 aromatic rings. The number of piperazine rings is 1. The number of methoxy groups -OCH3 is 2. The monoisotopic (exact) mass is 613 g/mol. The second kappa shape index (κ2) is 15.4. The standard InChI is InChI=1S/C29H39ClF3N5O4/c1-19(18-41-3)35-16-21-13-22(29(31,32)33)6-8-25(21)37-9-11-38(12-10-37)28(40)24(36-27(39)17-34-2)14-20-5-7-23(30)15-26(20)42-4/h5-8,13,15,19,24,34-35H,9-12,14,16-18H2,1-4H3,(H,36,39). The van der Waals surface area contributed by atoms with Gasteiger partial charge in [0.2, 0.25) is 11.8 Å². The van der Waals surface area contributed by atoms with Crippen LogP contribution >= 0.6 is 11.6 Å². The molecule has 3 N–H and O–H groups in total. The molecule has 1 heterocycles. The van der Waals surface area contributed by atoms with E-state index in [9.17, 15) is 22.8 Å². The molecule has 0 spiro atoms. The number of nitrogens with zero attached hydrogens (tertiary/aromatic N) is 2. The average Bonchev–Trinajstić information content (AvgIpc) is 2.96. The number of carbonyl (C=O) groups is 2. The van der Waals surface area contributed by atoms with Crippen molar-refractivity contribution in [1.29, 1.82) is 0 Å². The van der Waals surface area contributed by atoms with E-state index in [1.807, 2.05) is 11.8 Å². The Morgan fingerprint density at radius 1 is 1.05 bits per heavy atom. The van der Waals surface area contributed by atoms with Crippen molar-refractivity contribution in [3.63, 3.8) is 0 Å². The number of ether oxygens (including phenoxy) is 2. The van der Waals surface area contributed by atoms with Crippen LogP contribution in [0.1, 0.15) is 23.6 Å². The van der Waals surface area contributed by atoms with E-state index in [0.717, 1.165) is 6.07 Å². The van der Waals surface area contributed by atoms with E-state index < -0.39 is 17.8 Å². The number of hydrogen-bond acceptors (Lipinski definition) is 7. The number of alkyl halides is 3. The highest BCUT2D eigenvalue weighted by Crippen LogP contribution is 2.33. The van der Waals surface area contributed by atoms with E-state index in [4.69, 9.17) is 21.1 Å². The first-order chi connectivity index (χ1) is 20.0. The first-order valence-corrected chi connectivity index (χ1v) is 14.1. The van der Waals surface area contributed by atoms with Crippen LogP contribution in [0.4, 0.5) is 18.9 Å². The minimum absolute atomic E-state index is 0.0447. The van der Waals surface area contributed by atoms with Gasteiger partial charge in [-0.15, -0.1) is 0 Å². The molecule has 2 unspecified atom stereocenters. The van der Waals surface area contributed by atoms with Crippen molar-refractivity contribution in [2.24, 2.45) is 0 Å². The Morgan fingerprint density at radius 2 is 1.76 bits per heavy atom. The molecule has 9 nitrogen and oxygen atoms in total. The number of carbonyl (C=O) groups excluding carboxylic acids is 2. The van der Waals surface area contributed by atoms with Gasteiger partial charge >= 0.3 is 6.18 Å². The van der Waals surface area contributed by atoms with Crippen LogP contribution in [0.2, 0.25) is 5.02 Å². The predicted octanol–water partition coefficient (Wildman–Crippen LogP) is 3.09. The predicted molar refractivity (Wildman–Crippen MR) is 156 cm³/mol. The van der Waals surface area contributed by atoms with E-state index in [1.165, 1.54) is 19.2 Å².